The maximum atomic E-state index is 12.3. The Kier molecular flexibility index (Phi) is 11.9. The molecule has 2 bridgehead atoms. The van der Waals surface area contributed by atoms with E-state index in [-0.39, 0.29) is 24.0 Å². The number of hydrogen-bond donors (Lipinski definition) is 2. The summed E-state index contributed by atoms with van der Waals surface area (Å²) in [5, 5.41) is 5.49. The van der Waals surface area contributed by atoms with Gasteiger partial charge in [-0.1, -0.05) is 27.0 Å². The third kappa shape index (κ3) is 9.76. The zero-order chi connectivity index (χ0) is 30.9. The molecule has 0 aromatic heterocycles. The molecule has 2 amide bonds. The van der Waals surface area contributed by atoms with Crippen LogP contribution in [0.3, 0.4) is 0 Å². The van der Waals surface area contributed by atoms with Crippen molar-refractivity contribution in [1.82, 2.24) is 10.6 Å². The van der Waals surface area contributed by atoms with Crippen LogP contribution in [0.5, 0.6) is 0 Å². The van der Waals surface area contributed by atoms with E-state index in [0.717, 1.165) is 32.1 Å². The first-order chi connectivity index (χ1) is 19.8. The summed E-state index contributed by atoms with van der Waals surface area (Å²) in [6, 6.07) is 0. The van der Waals surface area contributed by atoms with Crippen LogP contribution in [-0.4, -0.2) is 63.6 Å². The first-order valence-corrected chi connectivity index (χ1v) is 15.3. The highest BCUT2D eigenvalue weighted by Crippen LogP contribution is 2.62. The molecule has 6 unspecified atom stereocenters. The van der Waals surface area contributed by atoms with Crippen molar-refractivity contribution in [3.63, 3.8) is 0 Å². The predicted octanol–water partition coefficient (Wildman–Crippen LogP) is 5.32. The van der Waals surface area contributed by atoms with E-state index in [9.17, 15) is 19.2 Å². The largest absolute Gasteiger partial charge is 0.462 e. The van der Waals surface area contributed by atoms with Crippen molar-refractivity contribution in [2.45, 2.75) is 79.1 Å². The van der Waals surface area contributed by atoms with Gasteiger partial charge in [-0.3, -0.25) is 0 Å². The molecule has 3 aliphatic carbocycles. The van der Waals surface area contributed by atoms with E-state index in [0.29, 0.717) is 74.0 Å². The number of amides is 2. The molecule has 0 saturated heterocycles. The predicted molar refractivity (Wildman–Crippen MR) is 157 cm³/mol. The molecule has 3 fully saturated rings. The van der Waals surface area contributed by atoms with Crippen LogP contribution in [0.1, 0.15) is 79.1 Å². The van der Waals surface area contributed by atoms with Crippen LogP contribution in [0.25, 0.3) is 0 Å². The highest BCUT2D eigenvalue weighted by Gasteiger charge is 2.55. The Hall–Kier alpha value is -3.04. The summed E-state index contributed by atoms with van der Waals surface area (Å²) in [5.74, 6) is 1.65. The van der Waals surface area contributed by atoms with Crippen molar-refractivity contribution in [2.24, 2.45) is 34.5 Å². The van der Waals surface area contributed by atoms with Crippen molar-refractivity contribution in [3.8, 4) is 0 Å². The number of esters is 2. The molecule has 236 valence electrons. The van der Waals surface area contributed by atoms with Gasteiger partial charge in [0.25, 0.3) is 0 Å². The third-order valence-corrected chi connectivity index (χ3v) is 9.13. The van der Waals surface area contributed by atoms with Crippen LogP contribution in [0.4, 0.5) is 9.59 Å². The molecule has 0 radical (unpaired) electrons. The molecule has 0 heterocycles. The Morgan fingerprint density at radius 2 is 1.19 bits per heavy atom. The molecule has 10 nitrogen and oxygen atoms in total. The number of rotatable bonds is 14. The van der Waals surface area contributed by atoms with Gasteiger partial charge in [-0.15, -0.1) is 0 Å². The van der Waals surface area contributed by atoms with Crippen LogP contribution in [0.2, 0.25) is 0 Å². The van der Waals surface area contributed by atoms with Crippen LogP contribution in [-0.2, 0) is 28.5 Å². The van der Waals surface area contributed by atoms with Crippen molar-refractivity contribution in [2.75, 3.05) is 39.5 Å². The second-order valence-electron chi connectivity index (χ2n) is 13.4. The van der Waals surface area contributed by atoms with Gasteiger partial charge < -0.3 is 29.6 Å². The van der Waals surface area contributed by atoms with E-state index in [2.05, 4.69) is 37.6 Å². The highest BCUT2D eigenvalue weighted by atomic mass is 16.6. The second-order valence-corrected chi connectivity index (χ2v) is 13.4. The second kappa shape index (κ2) is 14.9. The molecular weight excluding hydrogens is 540 g/mol. The minimum absolute atomic E-state index is 0.0508. The maximum Gasteiger partial charge on any atom is 0.407 e. The normalized spacial score (nSPS) is 29.4. The number of fused-ring (bicyclic) bond motifs is 5. The SMILES string of the molecule is C=C(C)C(=O)OCCCNC(=O)OCC1(C)CC2CC(C1)C1CC(C)(COC(=O)NCCCOC(=O)C(=C)C)CCC21. The molecular formula is C32H50N2O8. The molecule has 42 heavy (non-hydrogen) atoms. The minimum Gasteiger partial charge on any atom is -0.462 e. The van der Waals surface area contributed by atoms with E-state index in [1.165, 1.54) is 6.42 Å². The van der Waals surface area contributed by atoms with E-state index in [1.54, 1.807) is 13.8 Å². The molecule has 3 saturated carbocycles. The molecule has 0 spiro atoms. The fourth-order valence-electron chi connectivity index (χ4n) is 7.14. The lowest BCUT2D eigenvalue weighted by atomic mass is 9.65. The van der Waals surface area contributed by atoms with E-state index >= 15 is 0 Å². The fraction of sp³-hybridized carbons (Fsp3) is 0.750. The molecule has 0 aliphatic heterocycles. The van der Waals surface area contributed by atoms with Crippen LogP contribution in [0.15, 0.2) is 24.3 Å². The fourth-order valence-corrected chi connectivity index (χ4v) is 7.14. The van der Waals surface area contributed by atoms with Gasteiger partial charge in [-0.05, 0) is 88.9 Å². The van der Waals surface area contributed by atoms with Crippen molar-refractivity contribution in [1.29, 1.82) is 0 Å². The van der Waals surface area contributed by atoms with Gasteiger partial charge >= 0.3 is 24.1 Å². The smallest absolute Gasteiger partial charge is 0.407 e. The number of alkyl carbamates (subject to hydrolysis) is 2. The maximum absolute atomic E-state index is 12.3. The number of carbonyl (C=O) groups is 4. The number of nitrogens with one attached hydrogen (secondary N) is 2. The van der Waals surface area contributed by atoms with Gasteiger partial charge in [0.15, 0.2) is 0 Å². The zero-order valence-electron chi connectivity index (χ0n) is 25.9. The summed E-state index contributed by atoms with van der Waals surface area (Å²) >= 11 is 0. The van der Waals surface area contributed by atoms with Gasteiger partial charge in [0, 0.05) is 35.1 Å². The Morgan fingerprint density at radius 3 is 1.69 bits per heavy atom. The monoisotopic (exact) mass is 590 g/mol. The zero-order valence-corrected chi connectivity index (χ0v) is 25.9. The molecule has 3 aliphatic rings. The molecule has 0 aromatic rings. The summed E-state index contributed by atoms with van der Waals surface area (Å²) in [6.45, 7) is 16.7. The van der Waals surface area contributed by atoms with Crippen LogP contribution in [0, 0.1) is 34.5 Å². The van der Waals surface area contributed by atoms with Gasteiger partial charge in [0.05, 0.1) is 26.4 Å². The van der Waals surface area contributed by atoms with Crippen LogP contribution < -0.4 is 10.6 Å². The lowest BCUT2D eigenvalue weighted by molar-refractivity contribution is -0.139. The summed E-state index contributed by atoms with van der Waals surface area (Å²) in [4.78, 5) is 47.4. The lowest BCUT2D eigenvalue weighted by Crippen LogP contribution is -2.38. The average Bonchev–Trinajstić information content (AvgIpc) is 3.18. The Morgan fingerprint density at radius 1 is 0.714 bits per heavy atom. The van der Waals surface area contributed by atoms with E-state index in [4.69, 9.17) is 18.9 Å². The average molecular weight is 591 g/mol. The Balaban J connectivity index is 1.36. The summed E-state index contributed by atoms with van der Waals surface area (Å²) in [5.41, 5.74) is 0.598. The summed E-state index contributed by atoms with van der Waals surface area (Å²) in [6.07, 6.45) is 6.66. The standard InChI is InChI=1S/C32H50N2O8/c1-21(2)27(35)39-13-7-11-33-29(37)41-19-31(5)10-9-25-23-15-24(26(25)18-31)17-32(6,16-23)20-42-30(38)34-12-8-14-40-28(36)22(3)4/h23-26H,1,3,7-20H2,2,4-6H3,(H,33,37)(H,34,38). The van der Waals surface area contributed by atoms with Gasteiger partial charge in [-0.2, -0.15) is 0 Å². The van der Waals surface area contributed by atoms with Crippen molar-refractivity contribution in [3.05, 3.63) is 24.3 Å². The topological polar surface area (TPSA) is 129 Å². The minimum atomic E-state index is -0.439. The molecule has 3 rings (SSSR count). The third-order valence-electron chi connectivity index (χ3n) is 9.13. The Bertz CT molecular complexity index is 1030. The van der Waals surface area contributed by atoms with Crippen molar-refractivity contribution < 1.29 is 38.1 Å². The number of hydrogen-bond acceptors (Lipinski definition) is 8. The van der Waals surface area contributed by atoms with Crippen LogP contribution >= 0.6 is 0 Å². The highest BCUT2D eigenvalue weighted by molar-refractivity contribution is 5.87. The lowest BCUT2D eigenvalue weighted by Gasteiger charge is -2.41. The van der Waals surface area contributed by atoms with Gasteiger partial charge in [-0.25, -0.2) is 19.2 Å². The van der Waals surface area contributed by atoms with Gasteiger partial charge in [0.2, 0.25) is 0 Å². The first kappa shape index (κ1) is 33.5. The number of carbonyl (C=O) groups excluding carboxylic acids is 4. The Labute approximate surface area is 250 Å². The summed E-state index contributed by atoms with van der Waals surface area (Å²) in [7, 11) is 0. The quantitative estimate of drug-likeness (QED) is 0.120. The molecule has 10 heteroatoms. The number of ether oxygens (including phenoxy) is 4. The molecule has 2 N–H and O–H groups in total. The summed E-state index contributed by atoms with van der Waals surface area (Å²) < 4.78 is 21.3. The van der Waals surface area contributed by atoms with E-state index < -0.39 is 24.1 Å². The van der Waals surface area contributed by atoms with E-state index in [1.807, 2.05) is 0 Å². The van der Waals surface area contributed by atoms with Gasteiger partial charge in [0.1, 0.15) is 0 Å². The first-order valence-electron chi connectivity index (χ1n) is 15.3. The van der Waals surface area contributed by atoms with Crippen molar-refractivity contribution >= 4 is 24.1 Å². The molecule has 6 atom stereocenters. The molecule has 0 aromatic carbocycles.